The van der Waals surface area contributed by atoms with Gasteiger partial charge in [0.25, 0.3) is 0 Å². The van der Waals surface area contributed by atoms with E-state index in [2.05, 4.69) is 15.9 Å². The fourth-order valence-corrected chi connectivity index (χ4v) is 4.19. The molecule has 0 saturated heterocycles. The molecule has 2 nitrogen and oxygen atoms in total. The molecule has 0 unspecified atom stereocenters. The molecule has 0 aliphatic rings. The van der Waals surface area contributed by atoms with Crippen molar-refractivity contribution >= 4 is 25.8 Å². The first-order valence-corrected chi connectivity index (χ1v) is 9.07. The second kappa shape index (κ2) is 6.55. The molecule has 2 aromatic rings. The number of benzene rings is 2. The third kappa shape index (κ3) is 4.46. The maximum absolute atomic E-state index is 12.2. The Hall–Kier alpha value is -1.13. The molecule has 0 saturated carbocycles. The van der Waals surface area contributed by atoms with E-state index >= 15 is 0 Å². The van der Waals surface area contributed by atoms with E-state index in [1.54, 1.807) is 0 Å². The zero-order valence-corrected chi connectivity index (χ0v) is 13.7. The molecule has 0 radical (unpaired) electrons. The van der Waals surface area contributed by atoms with Crippen LogP contribution in [-0.4, -0.2) is 14.2 Å². The molecular weight excluding hydrogens is 336 g/mol. The highest BCUT2D eigenvalue weighted by atomic mass is 79.9. The second-order valence-corrected chi connectivity index (χ2v) is 8.02. The minimum absolute atomic E-state index is 0.00295. The summed E-state index contributed by atoms with van der Waals surface area (Å²) in [4.78, 5) is 0. The Morgan fingerprint density at radius 3 is 2.20 bits per heavy atom. The van der Waals surface area contributed by atoms with E-state index in [0.29, 0.717) is 0 Å². The number of rotatable bonds is 5. The summed E-state index contributed by atoms with van der Waals surface area (Å²) >= 11 is 3.38. The van der Waals surface area contributed by atoms with Gasteiger partial charge in [0.2, 0.25) is 0 Å². The SMILES string of the molecule is C[C@@H](CS(=O)(=O)Cc1ccccc1)c1ccc(Br)cc1. The van der Waals surface area contributed by atoms with E-state index < -0.39 is 9.84 Å². The molecule has 2 aromatic carbocycles. The van der Waals surface area contributed by atoms with Crippen molar-refractivity contribution < 1.29 is 8.42 Å². The molecule has 0 bridgehead atoms. The lowest BCUT2D eigenvalue weighted by Crippen LogP contribution is -2.14. The Labute approximate surface area is 128 Å². The molecule has 1 atom stereocenters. The van der Waals surface area contributed by atoms with Crippen LogP contribution in [0.3, 0.4) is 0 Å². The van der Waals surface area contributed by atoms with Gasteiger partial charge in [-0.1, -0.05) is 65.3 Å². The number of hydrogen-bond donors (Lipinski definition) is 0. The summed E-state index contributed by atoms with van der Waals surface area (Å²) in [6, 6.07) is 17.1. The van der Waals surface area contributed by atoms with Crippen molar-refractivity contribution in [2.45, 2.75) is 18.6 Å². The summed E-state index contributed by atoms with van der Waals surface area (Å²) in [5.74, 6) is 0.273. The van der Waals surface area contributed by atoms with E-state index in [9.17, 15) is 8.42 Å². The maximum atomic E-state index is 12.2. The molecule has 0 aliphatic carbocycles. The average molecular weight is 353 g/mol. The van der Waals surface area contributed by atoms with Crippen LogP contribution in [0.25, 0.3) is 0 Å². The standard InChI is InChI=1S/C16H17BrO2S/c1-13(15-7-9-16(17)10-8-15)11-20(18,19)12-14-5-3-2-4-6-14/h2-10,13H,11-12H2,1H3/t13-/m0/s1. The van der Waals surface area contributed by atoms with Crippen LogP contribution in [0.1, 0.15) is 24.0 Å². The summed E-state index contributed by atoms with van der Waals surface area (Å²) in [6.07, 6.45) is 0. The molecule has 0 spiro atoms. The molecule has 0 N–H and O–H groups in total. The van der Waals surface area contributed by atoms with Gasteiger partial charge in [0.15, 0.2) is 9.84 Å². The lowest BCUT2D eigenvalue weighted by Gasteiger charge is -2.12. The van der Waals surface area contributed by atoms with Gasteiger partial charge in [-0.2, -0.15) is 0 Å². The van der Waals surface area contributed by atoms with E-state index in [1.165, 1.54) is 0 Å². The molecule has 4 heteroatoms. The Balaban J connectivity index is 2.06. The van der Waals surface area contributed by atoms with Gasteiger partial charge < -0.3 is 0 Å². The lowest BCUT2D eigenvalue weighted by atomic mass is 10.0. The smallest absolute Gasteiger partial charge is 0.155 e. The Morgan fingerprint density at radius 1 is 1.00 bits per heavy atom. The van der Waals surface area contributed by atoms with E-state index in [1.807, 2.05) is 61.5 Å². The van der Waals surface area contributed by atoms with Crippen LogP contribution in [0.2, 0.25) is 0 Å². The summed E-state index contributed by atoms with van der Waals surface area (Å²) in [5, 5.41) is 0. The summed E-state index contributed by atoms with van der Waals surface area (Å²) in [5.41, 5.74) is 1.89. The Kier molecular flexibility index (Phi) is 5.00. The largest absolute Gasteiger partial charge is 0.228 e. The molecule has 0 aromatic heterocycles. The zero-order chi connectivity index (χ0) is 14.6. The fraction of sp³-hybridized carbons (Fsp3) is 0.250. The first-order chi connectivity index (χ1) is 9.46. The van der Waals surface area contributed by atoms with Crippen molar-refractivity contribution in [2.24, 2.45) is 0 Å². The van der Waals surface area contributed by atoms with Gasteiger partial charge in [0.1, 0.15) is 0 Å². The quantitative estimate of drug-likeness (QED) is 0.809. The first kappa shape index (κ1) is 15.3. The van der Waals surface area contributed by atoms with Gasteiger partial charge in [-0.05, 0) is 29.2 Å². The number of hydrogen-bond acceptors (Lipinski definition) is 2. The molecule has 0 heterocycles. The minimum atomic E-state index is -3.10. The van der Waals surface area contributed by atoms with Crippen LogP contribution in [0, 0.1) is 0 Å². The van der Waals surface area contributed by atoms with Crippen LogP contribution >= 0.6 is 15.9 Å². The second-order valence-electron chi connectivity index (χ2n) is 4.99. The molecule has 2 rings (SSSR count). The third-order valence-corrected chi connectivity index (χ3v) is 5.48. The van der Waals surface area contributed by atoms with Crippen molar-refractivity contribution in [3.63, 3.8) is 0 Å². The van der Waals surface area contributed by atoms with E-state index in [-0.39, 0.29) is 17.4 Å². The average Bonchev–Trinajstić information content (AvgIpc) is 2.39. The molecule has 0 fully saturated rings. The zero-order valence-electron chi connectivity index (χ0n) is 11.3. The van der Waals surface area contributed by atoms with Gasteiger partial charge >= 0.3 is 0 Å². The molecule has 20 heavy (non-hydrogen) atoms. The van der Waals surface area contributed by atoms with E-state index in [4.69, 9.17) is 0 Å². The van der Waals surface area contributed by atoms with Crippen LogP contribution in [0.15, 0.2) is 59.1 Å². The highest BCUT2D eigenvalue weighted by molar-refractivity contribution is 9.10. The predicted octanol–water partition coefficient (Wildman–Crippen LogP) is 4.17. The first-order valence-electron chi connectivity index (χ1n) is 6.46. The Morgan fingerprint density at radius 2 is 1.60 bits per heavy atom. The monoisotopic (exact) mass is 352 g/mol. The highest BCUT2D eigenvalue weighted by Crippen LogP contribution is 2.21. The van der Waals surface area contributed by atoms with Gasteiger partial charge in [-0.25, -0.2) is 8.42 Å². The van der Waals surface area contributed by atoms with E-state index in [0.717, 1.165) is 15.6 Å². The lowest BCUT2D eigenvalue weighted by molar-refractivity contribution is 0.589. The van der Waals surface area contributed by atoms with Crippen molar-refractivity contribution in [3.8, 4) is 0 Å². The molecular formula is C16H17BrO2S. The van der Waals surface area contributed by atoms with Crippen molar-refractivity contribution in [2.75, 3.05) is 5.75 Å². The predicted molar refractivity (Wildman–Crippen MR) is 86.5 cm³/mol. The minimum Gasteiger partial charge on any atom is -0.228 e. The third-order valence-electron chi connectivity index (χ3n) is 3.17. The molecule has 106 valence electrons. The summed E-state index contributed by atoms with van der Waals surface area (Å²) in [7, 11) is -3.10. The summed E-state index contributed by atoms with van der Waals surface area (Å²) < 4.78 is 25.5. The maximum Gasteiger partial charge on any atom is 0.155 e. The van der Waals surface area contributed by atoms with Crippen LogP contribution in [0.5, 0.6) is 0 Å². The topological polar surface area (TPSA) is 34.1 Å². The van der Waals surface area contributed by atoms with Crippen LogP contribution in [0.4, 0.5) is 0 Å². The molecule has 0 amide bonds. The van der Waals surface area contributed by atoms with Gasteiger partial charge in [0.05, 0.1) is 11.5 Å². The van der Waals surface area contributed by atoms with Crippen molar-refractivity contribution in [1.82, 2.24) is 0 Å². The van der Waals surface area contributed by atoms with Crippen molar-refractivity contribution in [1.29, 1.82) is 0 Å². The van der Waals surface area contributed by atoms with Gasteiger partial charge in [-0.15, -0.1) is 0 Å². The van der Waals surface area contributed by atoms with Gasteiger partial charge in [-0.3, -0.25) is 0 Å². The molecule has 0 aliphatic heterocycles. The fourth-order valence-electron chi connectivity index (χ4n) is 2.16. The van der Waals surface area contributed by atoms with Crippen LogP contribution in [-0.2, 0) is 15.6 Å². The van der Waals surface area contributed by atoms with Crippen LogP contribution < -0.4 is 0 Å². The normalized spacial score (nSPS) is 13.1. The Bertz CT molecular complexity index is 649. The number of halogens is 1. The van der Waals surface area contributed by atoms with Gasteiger partial charge in [0, 0.05) is 4.47 Å². The van der Waals surface area contributed by atoms with Crippen molar-refractivity contribution in [3.05, 3.63) is 70.2 Å². The highest BCUT2D eigenvalue weighted by Gasteiger charge is 2.17. The summed E-state index contributed by atoms with van der Waals surface area (Å²) in [6.45, 7) is 1.95. The number of sulfone groups is 1.